The third-order valence-corrected chi connectivity index (χ3v) is 4.98. The van der Waals surface area contributed by atoms with Crippen LogP contribution in [0.5, 0.6) is 5.75 Å². The van der Waals surface area contributed by atoms with Crippen LogP contribution in [0.2, 0.25) is 0 Å². The SMILES string of the molecule is CCCCC(=O)N(C)c1c(CC)nc2c(OCc3c(C)noc3C)cccn12. The summed E-state index contributed by atoms with van der Waals surface area (Å²) in [5.41, 5.74) is 3.34. The molecule has 1 amide bonds. The van der Waals surface area contributed by atoms with Gasteiger partial charge in [-0.3, -0.25) is 14.1 Å². The van der Waals surface area contributed by atoms with Crippen LogP contribution in [0.25, 0.3) is 5.65 Å². The highest BCUT2D eigenvalue weighted by Crippen LogP contribution is 2.29. The minimum absolute atomic E-state index is 0.0976. The minimum Gasteiger partial charge on any atom is -0.485 e. The van der Waals surface area contributed by atoms with Gasteiger partial charge in [0, 0.05) is 19.7 Å². The molecule has 0 aromatic carbocycles. The molecule has 0 saturated carbocycles. The molecule has 0 unspecified atom stereocenters. The smallest absolute Gasteiger partial charge is 0.227 e. The average Bonchev–Trinajstić information content (AvgIpc) is 3.23. The van der Waals surface area contributed by atoms with Gasteiger partial charge in [0.1, 0.15) is 18.2 Å². The molecule has 0 aliphatic rings. The molecular weight excluding hydrogens is 356 g/mol. The van der Waals surface area contributed by atoms with Crippen LogP contribution in [0, 0.1) is 13.8 Å². The van der Waals surface area contributed by atoms with Gasteiger partial charge in [-0.05, 0) is 38.8 Å². The molecule has 3 aromatic heterocycles. The first-order valence-electron chi connectivity index (χ1n) is 9.78. The number of carbonyl (C=O) groups excluding carboxylic acids is 1. The Balaban J connectivity index is 1.94. The van der Waals surface area contributed by atoms with Crippen LogP contribution >= 0.6 is 0 Å². The number of aryl methyl sites for hydroxylation is 3. The molecule has 0 bridgehead atoms. The number of carbonyl (C=O) groups is 1. The van der Waals surface area contributed by atoms with Crippen molar-refractivity contribution < 1.29 is 14.1 Å². The largest absolute Gasteiger partial charge is 0.485 e. The number of amides is 1. The Morgan fingerprint density at radius 1 is 1.32 bits per heavy atom. The van der Waals surface area contributed by atoms with Gasteiger partial charge in [0.05, 0.1) is 17.0 Å². The monoisotopic (exact) mass is 384 g/mol. The Morgan fingerprint density at radius 2 is 2.11 bits per heavy atom. The van der Waals surface area contributed by atoms with E-state index in [4.69, 9.17) is 14.2 Å². The highest BCUT2D eigenvalue weighted by Gasteiger charge is 2.21. The minimum atomic E-state index is 0.0976. The summed E-state index contributed by atoms with van der Waals surface area (Å²) in [4.78, 5) is 19.1. The van der Waals surface area contributed by atoms with Gasteiger partial charge >= 0.3 is 0 Å². The van der Waals surface area contributed by atoms with E-state index in [1.54, 1.807) is 4.90 Å². The number of imidazole rings is 1. The molecule has 3 aromatic rings. The zero-order valence-corrected chi connectivity index (χ0v) is 17.3. The Kier molecular flexibility index (Phi) is 6.02. The zero-order chi connectivity index (χ0) is 20.3. The molecule has 0 N–H and O–H groups in total. The van der Waals surface area contributed by atoms with Gasteiger partial charge in [0.25, 0.3) is 0 Å². The lowest BCUT2D eigenvalue weighted by Gasteiger charge is -2.18. The summed E-state index contributed by atoms with van der Waals surface area (Å²) in [6.07, 6.45) is 5.06. The first-order chi connectivity index (χ1) is 13.5. The Morgan fingerprint density at radius 3 is 2.75 bits per heavy atom. The molecule has 28 heavy (non-hydrogen) atoms. The molecule has 3 rings (SSSR count). The summed E-state index contributed by atoms with van der Waals surface area (Å²) in [7, 11) is 1.82. The van der Waals surface area contributed by atoms with Crippen LogP contribution < -0.4 is 9.64 Å². The third kappa shape index (κ3) is 3.74. The number of hydrogen-bond donors (Lipinski definition) is 0. The highest BCUT2D eigenvalue weighted by atomic mass is 16.5. The van der Waals surface area contributed by atoms with E-state index < -0.39 is 0 Å². The predicted molar refractivity (Wildman–Crippen MR) is 108 cm³/mol. The van der Waals surface area contributed by atoms with Crippen molar-refractivity contribution in [3.63, 3.8) is 0 Å². The molecule has 7 nitrogen and oxygen atoms in total. The number of ether oxygens (including phenoxy) is 1. The van der Waals surface area contributed by atoms with Gasteiger partial charge in [0.2, 0.25) is 5.91 Å². The number of aromatic nitrogens is 3. The summed E-state index contributed by atoms with van der Waals surface area (Å²) >= 11 is 0. The van der Waals surface area contributed by atoms with E-state index in [9.17, 15) is 4.79 Å². The first kappa shape index (κ1) is 19.9. The van der Waals surface area contributed by atoms with Gasteiger partial charge in [-0.1, -0.05) is 25.4 Å². The zero-order valence-electron chi connectivity index (χ0n) is 17.3. The molecule has 7 heteroatoms. The second-order valence-corrected chi connectivity index (χ2v) is 6.95. The number of nitrogens with zero attached hydrogens (tertiary/aromatic N) is 4. The summed E-state index contributed by atoms with van der Waals surface area (Å²) in [6, 6.07) is 3.80. The van der Waals surface area contributed by atoms with Crippen molar-refractivity contribution in [2.75, 3.05) is 11.9 Å². The van der Waals surface area contributed by atoms with E-state index in [1.165, 1.54) is 0 Å². The lowest BCUT2D eigenvalue weighted by atomic mass is 10.2. The summed E-state index contributed by atoms with van der Waals surface area (Å²) < 4.78 is 13.2. The quantitative estimate of drug-likeness (QED) is 0.581. The molecule has 0 fully saturated rings. The van der Waals surface area contributed by atoms with Crippen molar-refractivity contribution in [3.05, 3.63) is 41.0 Å². The van der Waals surface area contributed by atoms with Crippen molar-refractivity contribution in [1.29, 1.82) is 0 Å². The van der Waals surface area contributed by atoms with Crippen molar-refractivity contribution >= 4 is 17.4 Å². The number of rotatable bonds is 8. The normalized spacial score (nSPS) is 11.2. The summed E-state index contributed by atoms with van der Waals surface area (Å²) in [5.74, 6) is 2.32. The Hall–Kier alpha value is -2.83. The predicted octanol–water partition coefficient (Wildman–Crippen LogP) is 4.23. The molecule has 0 aliphatic heterocycles. The van der Waals surface area contributed by atoms with Crippen LogP contribution in [-0.2, 0) is 17.8 Å². The second kappa shape index (κ2) is 8.46. The van der Waals surface area contributed by atoms with E-state index in [0.717, 1.165) is 47.8 Å². The fourth-order valence-corrected chi connectivity index (χ4v) is 3.25. The molecule has 0 atom stereocenters. The lowest BCUT2D eigenvalue weighted by molar-refractivity contribution is -0.118. The molecule has 0 saturated heterocycles. The number of pyridine rings is 1. The third-order valence-electron chi connectivity index (χ3n) is 4.98. The van der Waals surface area contributed by atoms with Gasteiger partial charge in [0.15, 0.2) is 11.4 Å². The van der Waals surface area contributed by atoms with E-state index >= 15 is 0 Å². The average molecular weight is 384 g/mol. The van der Waals surface area contributed by atoms with E-state index in [-0.39, 0.29) is 5.91 Å². The Labute approximate surface area is 165 Å². The van der Waals surface area contributed by atoms with Crippen molar-refractivity contribution in [2.24, 2.45) is 0 Å². The van der Waals surface area contributed by atoms with E-state index in [0.29, 0.717) is 24.4 Å². The van der Waals surface area contributed by atoms with Crippen LogP contribution in [0.3, 0.4) is 0 Å². The molecule has 0 spiro atoms. The second-order valence-electron chi connectivity index (χ2n) is 6.95. The fourth-order valence-electron chi connectivity index (χ4n) is 3.25. The molecule has 0 radical (unpaired) electrons. The van der Waals surface area contributed by atoms with Crippen molar-refractivity contribution in [2.45, 2.75) is 60.0 Å². The fraction of sp³-hybridized carbons (Fsp3) is 0.476. The highest BCUT2D eigenvalue weighted by molar-refractivity contribution is 5.93. The lowest BCUT2D eigenvalue weighted by Crippen LogP contribution is -2.28. The van der Waals surface area contributed by atoms with Gasteiger partial charge in [-0.25, -0.2) is 4.98 Å². The van der Waals surface area contributed by atoms with E-state index in [2.05, 4.69) is 12.1 Å². The van der Waals surface area contributed by atoms with Crippen LogP contribution in [0.1, 0.15) is 55.8 Å². The molecule has 3 heterocycles. The number of fused-ring (bicyclic) bond motifs is 1. The standard InChI is InChI=1S/C21H28N4O3/c1-6-8-11-19(26)24(5)21-17(7-2)22-20-18(10-9-12-25(20)21)27-13-16-14(3)23-28-15(16)4/h9-10,12H,6-8,11,13H2,1-5H3. The maximum atomic E-state index is 12.6. The number of hydrogen-bond acceptors (Lipinski definition) is 5. The van der Waals surface area contributed by atoms with E-state index in [1.807, 2.05) is 50.5 Å². The van der Waals surface area contributed by atoms with Crippen LogP contribution in [-0.4, -0.2) is 27.5 Å². The molecule has 0 aliphatic carbocycles. The van der Waals surface area contributed by atoms with Crippen LogP contribution in [0.4, 0.5) is 5.82 Å². The van der Waals surface area contributed by atoms with Crippen LogP contribution in [0.15, 0.2) is 22.9 Å². The van der Waals surface area contributed by atoms with Gasteiger partial charge < -0.3 is 9.26 Å². The molecular formula is C21H28N4O3. The number of unbranched alkanes of at least 4 members (excludes halogenated alkanes) is 1. The van der Waals surface area contributed by atoms with Crippen molar-refractivity contribution in [1.82, 2.24) is 14.5 Å². The maximum Gasteiger partial charge on any atom is 0.227 e. The first-order valence-corrected chi connectivity index (χ1v) is 9.78. The maximum absolute atomic E-state index is 12.6. The number of anilines is 1. The van der Waals surface area contributed by atoms with Crippen molar-refractivity contribution in [3.8, 4) is 5.75 Å². The van der Waals surface area contributed by atoms with Gasteiger partial charge in [-0.2, -0.15) is 0 Å². The molecule has 150 valence electrons. The summed E-state index contributed by atoms with van der Waals surface area (Å²) in [6.45, 7) is 8.26. The summed E-state index contributed by atoms with van der Waals surface area (Å²) in [5, 5.41) is 3.97. The Bertz CT molecular complexity index is 954. The van der Waals surface area contributed by atoms with Gasteiger partial charge in [-0.15, -0.1) is 0 Å². The topological polar surface area (TPSA) is 72.9 Å².